The number of rotatable bonds is 3. The summed E-state index contributed by atoms with van der Waals surface area (Å²) < 4.78 is 9.85. The van der Waals surface area contributed by atoms with E-state index in [0.29, 0.717) is 6.42 Å². The van der Waals surface area contributed by atoms with Gasteiger partial charge in [0, 0.05) is 13.7 Å². The van der Waals surface area contributed by atoms with Gasteiger partial charge in [0.1, 0.15) is 12.2 Å². The summed E-state index contributed by atoms with van der Waals surface area (Å²) in [7, 11) is 1.39. The second kappa shape index (κ2) is 4.15. The standard InChI is InChI=1S/C7H14O5/c1-11-7-6(10)5(9)4(12-7)2-3-8/h4-10H,2-3H2,1H3. The van der Waals surface area contributed by atoms with Crippen LogP contribution in [0.5, 0.6) is 0 Å². The molecule has 1 aliphatic heterocycles. The van der Waals surface area contributed by atoms with Crippen molar-refractivity contribution in [2.75, 3.05) is 13.7 Å². The van der Waals surface area contributed by atoms with Crippen molar-refractivity contribution in [1.29, 1.82) is 0 Å². The second-order valence-electron chi connectivity index (χ2n) is 2.77. The zero-order chi connectivity index (χ0) is 9.14. The molecule has 0 spiro atoms. The van der Waals surface area contributed by atoms with Gasteiger partial charge in [0.2, 0.25) is 0 Å². The molecular formula is C7H14O5. The SMILES string of the molecule is COC1OC(CCO)C(O)C1O. The van der Waals surface area contributed by atoms with Gasteiger partial charge in [-0.3, -0.25) is 0 Å². The number of aliphatic hydroxyl groups is 3. The van der Waals surface area contributed by atoms with E-state index >= 15 is 0 Å². The van der Waals surface area contributed by atoms with Crippen molar-refractivity contribution in [1.82, 2.24) is 0 Å². The fraction of sp³-hybridized carbons (Fsp3) is 1.00. The van der Waals surface area contributed by atoms with Crippen molar-refractivity contribution < 1.29 is 24.8 Å². The molecule has 0 saturated carbocycles. The summed E-state index contributed by atoms with van der Waals surface area (Å²) in [6, 6.07) is 0. The first-order valence-electron chi connectivity index (χ1n) is 3.86. The lowest BCUT2D eigenvalue weighted by Crippen LogP contribution is -2.33. The van der Waals surface area contributed by atoms with Gasteiger partial charge in [-0.05, 0) is 6.42 Å². The molecule has 1 fully saturated rings. The molecule has 0 aromatic rings. The Kier molecular flexibility index (Phi) is 3.42. The first-order chi connectivity index (χ1) is 5.70. The summed E-state index contributed by atoms with van der Waals surface area (Å²) in [5.74, 6) is 0. The average molecular weight is 178 g/mol. The number of hydrogen-bond donors (Lipinski definition) is 3. The Labute approximate surface area is 70.5 Å². The Morgan fingerprint density at radius 1 is 1.33 bits per heavy atom. The second-order valence-corrected chi connectivity index (χ2v) is 2.77. The molecule has 3 N–H and O–H groups in total. The van der Waals surface area contributed by atoms with Crippen LogP contribution in [-0.2, 0) is 9.47 Å². The molecular weight excluding hydrogens is 164 g/mol. The van der Waals surface area contributed by atoms with Crippen LogP contribution in [0.1, 0.15) is 6.42 Å². The van der Waals surface area contributed by atoms with Crippen LogP contribution >= 0.6 is 0 Å². The van der Waals surface area contributed by atoms with Gasteiger partial charge in [-0.1, -0.05) is 0 Å². The molecule has 0 radical (unpaired) electrons. The molecule has 0 aliphatic carbocycles. The minimum absolute atomic E-state index is 0.0785. The van der Waals surface area contributed by atoms with E-state index in [9.17, 15) is 10.2 Å². The van der Waals surface area contributed by atoms with E-state index < -0.39 is 24.6 Å². The Morgan fingerprint density at radius 3 is 2.42 bits per heavy atom. The van der Waals surface area contributed by atoms with E-state index in [1.807, 2.05) is 0 Å². The summed E-state index contributed by atoms with van der Waals surface area (Å²) in [5, 5.41) is 27.2. The molecule has 4 unspecified atom stereocenters. The van der Waals surface area contributed by atoms with Crippen LogP contribution in [-0.4, -0.2) is 53.6 Å². The first-order valence-corrected chi connectivity index (χ1v) is 3.86. The highest BCUT2D eigenvalue weighted by molar-refractivity contribution is 4.86. The van der Waals surface area contributed by atoms with Crippen LogP contribution in [0, 0.1) is 0 Å². The highest BCUT2D eigenvalue weighted by Crippen LogP contribution is 2.23. The van der Waals surface area contributed by atoms with Gasteiger partial charge >= 0.3 is 0 Å². The van der Waals surface area contributed by atoms with Gasteiger partial charge in [-0.25, -0.2) is 0 Å². The first kappa shape index (κ1) is 9.88. The third kappa shape index (κ3) is 1.75. The smallest absolute Gasteiger partial charge is 0.186 e. The van der Waals surface area contributed by atoms with E-state index in [0.717, 1.165) is 0 Å². The predicted octanol–water partition coefficient (Wildman–Crippen LogP) is -1.54. The van der Waals surface area contributed by atoms with Crippen molar-refractivity contribution in [3.8, 4) is 0 Å². The summed E-state index contributed by atoms with van der Waals surface area (Å²) >= 11 is 0. The maximum absolute atomic E-state index is 9.32. The van der Waals surface area contributed by atoms with Crippen molar-refractivity contribution in [3.63, 3.8) is 0 Å². The quantitative estimate of drug-likeness (QED) is 0.488. The number of methoxy groups -OCH3 is 1. The highest BCUT2D eigenvalue weighted by Gasteiger charge is 2.42. The molecule has 5 nitrogen and oxygen atoms in total. The Morgan fingerprint density at radius 2 is 2.00 bits per heavy atom. The molecule has 0 aromatic heterocycles. The largest absolute Gasteiger partial charge is 0.396 e. The third-order valence-corrected chi connectivity index (χ3v) is 1.96. The lowest BCUT2D eigenvalue weighted by atomic mass is 10.1. The monoisotopic (exact) mass is 178 g/mol. The van der Waals surface area contributed by atoms with Crippen LogP contribution in [0.4, 0.5) is 0 Å². The van der Waals surface area contributed by atoms with Gasteiger partial charge in [-0.15, -0.1) is 0 Å². The Hall–Kier alpha value is -0.200. The number of aliphatic hydroxyl groups excluding tert-OH is 3. The van der Waals surface area contributed by atoms with Gasteiger partial charge in [0.05, 0.1) is 6.10 Å². The maximum Gasteiger partial charge on any atom is 0.186 e. The van der Waals surface area contributed by atoms with Crippen LogP contribution in [0.15, 0.2) is 0 Å². The molecule has 5 heteroatoms. The Balaban J connectivity index is 2.48. The van der Waals surface area contributed by atoms with Crippen LogP contribution < -0.4 is 0 Å². The zero-order valence-corrected chi connectivity index (χ0v) is 6.88. The molecule has 1 saturated heterocycles. The number of ether oxygens (including phenoxy) is 2. The molecule has 72 valence electrons. The highest BCUT2D eigenvalue weighted by atomic mass is 16.7. The molecule has 1 aliphatic rings. The van der Waals surface area contributed by atoms with Gasteiger partial charge in [0.15, 0.2) is 6.29 Å². The Bertz CT molecular complexity index is 140. The normalized spacial score (nSPS) is 42.0. The van der Waals surface area contributed by atoms with Crippen LogP contribution in [0.2, 0.25) is 0 Å². The fourth-order valence-corrected chi connectivity index (χ4v) is 1.28. The van der Waals surface area contributed by atoms with Crippen LogP contribution in [0.25, 0.3) is 0 Å². The topological polar surface area (TPSA) is 79.2 Å². The summed E-state index contributed by atoms with van der Waals surface area (Å²) in [6.07, 6.45) is -3.00. The predicted molar refractivity (Wildman–Crippen MR) is 39.4 cm³/mol. The molecule has 0 amide bonds. The molecule has 0 bridgehead atoms. The van der Waals surface area contributed by atoms with Crippen molar-refractivity contribution in [3.05, 3.63) is 0 Å². The number of hydrogen-bond acceptors (Lipinski definition) is 5. The molecule has 12 heavy (non-hydrogen) atoms. The lowest BCUT2D eigenvalue weighted by Gasteiger charge is -2.11. The fourth-order valence-electron chi connectivity index (χ4n) is 1.28. The van der Waals surface area contributed by atoms with E-state index in [-0.39, 0.29) is 6.61 Å². The molecule has 1 heterocycles. The van der Waals surface area contributed by atoms with Crippen molar-refractivity contribution in [2.45, 2.75) is 31.0 Å². The third-order valence-electron chi connectivity index (χ3n) is 1.96. The van der Waals surface area contributed by atoms with Crippen molar-refractivity contribution in [2.24, 2.45) is 0 Å². The maximum atomic E-state index is 9.32. The minimum Gasteiger partial charge on any atom is -0.396 e. The summed E-state index contributed by atoms with van der Waals surface area (Å²) in [5.41, 5.74) is 0. The summed E-state index contributed by atoms with van der Waals surface area (Å²) in [6.45, 7) is -0.0785. The van der Waals surface area contributed by atoms with Crippen LogP contribution in [0.3, 0.4) is 0 Å². The zero-order valence-electron chi connectivity index (χ0n) is 6.88. The lowest BCUT2D eigenvalue weighted by molar-refractivity contribution is -0.150. The van der Waals surface area contributed by atoms with E-state index in [4.69, 9.17) is 14.6 Å². The average Bonchev–Trinajstić information content (AvgIpc) is 2.33. The summed E-state index contributed by atoms with van der Waals surface area (Å²) in [4.78, 5) is 0. The van der Waals surface area contributed by atoms with Gasteiger partial charge in [0.25, 0.3) is 0 Å². The molecule has 0 aromatic carbocycles. The molecule has 4 atom stereocenters. The van der Waals surface area contributed by atoms with Gasteiger partial charge in [-0.2, -0.15) is 0 Å². The van der Waals surface area contributed by atoms with E-state index in [2.05, 4.69) is 0 Å². The van der Waals surface area contributed by atoms with Crippen molar-refractivity contribution >= 4 is 0 Å². The van der Waals surface area contributed by atoms with E-state index in [1.165, 1.54) is 7.11 Å². The van der Waals surface area contributed by atoms with Gasteiger partial charge < -0.3 is 24.8 Å². The van der Waals surface area contributed by atoms with E-state index in [1.54, 1.807) is 0 Å². The minimum atomic E-state index is -1.02. The molecule has 1 rings (SSSR count).